The average Bonchev–Trinajstić information content (AvgIpc) is 2.25. The number of benzene rings is 1. The van der Waals surface area contributed by atoms with E-state index in [1.54, 1.807) is 0 Å². The lowest BCUT2D eigenvalue weighted by Gasteiger charge is -2.07. The van der Waals surface area contributed by atoms with Crippen LogP contribution in [0.25, 0.3) is 11.3 Å². The lowest BCUT2D eigenvalue weighted by Crippen LogP contribution is -1.99. The van der Waals surface area contributed by atoms with Gasteiger partial charge >= 0.3 is 0 Å². The molecule has 4 heteroatoms. The number of hydrogen-bond acceptors (Lipinski definition) is 3. The van der Waals surface area contributed by atoms with Crippen molar-refractivity contribution < 1.29 is 0 Å². The van der Waals surface area contributed by atoms with E-state index >= 15 is 0 Å². The summed E-state index contributed by atoms with van der Waals surface area (Å²) in [5.74, 6) is 0.200. The Bertz CT molecular complexity index is 521. The van der Waals surface area contributed by atoms with E-state index in [0.29, 0.717) is 5.15 Å². The minimum absolute atomic E-state index is 0.200. The molecule has 2 N–H and O–H groups in total. The van der Waals surface area contributed by atoms with Crippen LogP contribution in [0.4, 0.5) is 5.95 Å². The van der Waals surface area contributed by atoms with Crippen molar-refractivity contribution in [2.24, 2.45) is 0 Å². The highest BCUT2D eigenvalue weighted by atomic mass is 35.5. The standard InChI is InChI=1S/C12H12ClN3/c1-7-3-5-9(6-4-7)10-8(2)11(13)16-12(14)15-10/h3-6H,1-2H3,(H2,14,15,16). The molecule has 0 aliphatic rings. The van der Waals surface area contributed by atoms with Crippen LogP contribution in [0.2, 0.25) is 5.15 Å². The van der Waals surface area contributed by atoms with Crippen molar-refractivity contribution in [1.82, 2.24) is 9.97 Å². The van der Waals surface area contributed by atoms with Crippen LogP contribution >= 0.6 is 11.6 Å². The maximum atomic E-state index is 5.97. The molecule has 0 spiro atoms. The minimum Gasteiger partial charge on any atom is -0.368 e. The molecular weight excluding hydrogens is 222 g/mol. The lowest BCUT2D eigenvalue weighted by molar-refractivity contribution is 1.15. The molecule has 0 unspecified atom stereocenters. The molecule has 2 rings (SSSR count). The van der Waals surface area contributed by atoms with Crippen LogP contribution in [-0.4, -0.2) is 9.97 Å². The maximum Gasteiger partial charge on any atom is 0.222 e. The van der Waals surface area contributed by atoms with Crippen molar-refractivity contribution in [3.8, 4) is 11.3 Å². The average molecular weight is 234 g/mol. The third-order valence-corrected chi connectivity index (χ3v) is 2.80. The van der Waals surface area contributed by atoms with Crippen LogP contribution in [0.1, 0.15) is 11.1 Å². The van der Waals surface area contributed by atoms with E-state index < -0.39 is 0 Å². The predicted octanol–water partition coefficient (Wildman–Crippen LogP) is 3.00. The van der Waals surface area contributed by atoms with Gasteiger partial charge < -0.3 is 5.73 Å². The lowest BCUT2D eigenvalue weighted by atomic mass is 10.1. The third-order valence-electron chi connectivity index (χ3n) is 2.43. The van der Waals surface area contributed by atoms with Gasteiger partial charge in [-0.15, -0.1) is 0 Å². The fourth-order valence-corrected chi connectivity index (χ4v) is 1.67. The van der Waals surface area contributed by atoms with Gasteiger partial charge in [0.1, 0.15) is 5.15 Å². The Hall–Kier alpha value is -1.61. The van der Waals surface area contributed by atoms with Crippen LogP contribution in [0, 0.1) is 13.8 Å². The van der Waals surface area contributed by atoms with Crippen LogP contribution in [0.15, 0.2) is 24.3 Å². The molecule has 1 aromatic heterocycles. The van der Waals surface area contributed by atoms with E-state index in [-0.39, 0.29) is 5.95 Å². The molecule has 1 heterocycles. The highest BCUT2D eigenvalue weighted by Gasteiger charge is 2.09. The Morgan fingerprint density at radius 1 is 1.06 bits per heavy atom. The number of anilines is 1. The van der Waals surface area contributed by atoms with Crippen LogP contribution < -0.4 is 5.73 Å². The third kappa shape index (κ3) is 1.99. The van der Waals surface area contributed by atoms with Crippen molar-refractivity contribution >= 4 is 17.5 Å². The number of aryl methyl sites for hydroxylation is 1. The van der Waals surface area contributed by atoms with Crippen molar-refractivity contribution in [3.05, 3.63) is 40.5 Å². The fourth-order valence-electron chi connectivity index (χ4n) is 1.50. The molecule has 2 aromatic rings. The van der Waals surface area contributed by atoms with Gasteiger partial charge in [-0.2, -0.15) is 0 Å². The predicted molar refractivity (Wildman–Crippen MR) is 66.4 cm³/mol. The molecule has 0 saturated carbocycles. The maximum absolute atomic E-state index is 5.97. The Morgan fingerprint density at radius 3 is 2.31 bits per heavy atom. The van der Waals surface area contributed by atoms with E-state index in [0.717, 1.165) is 16.8 Å². The first-order valence-electron chi connectivity index (χ1n) is 4.94. The molecule has 0 radical (unpaired) electrons. The van der Waals surface area contributed by atoms with Crippen molar-refractivity contribution in [1.29, 1.82) is 0 Å². The van der Waals surface area contributed by atoms with Gasteiger partial charge in [0.2, 0.25) is 5.95 Å². The number of nitrogen functional groups attached to an aromatic ring is 1. The molecule has 1 aromatic carbocycles. The summed E-state index contributed by atoms with van der Waals surface area (Å²) in [6.07, 6.45) is 0. The van der Waals surface area contributed by atoms with Crippen molar-refractivity contribution in [3.63, 3.8) is 0 Å². The number of halogens is 1. The van der Waals surface area contributed by atoms with Crippen LogP contribution in [0.5, 0.6) is 0 Å². The van der Waals surface area contributed by atoms with Crippen molar-refractivity contribution in [2.75, 3.05) is 5.73 Å². The van der Waals surface area contributed by atoms with E-state index in [1.807, 2.05) is 38.1 Å². The summed E-state index contributed by atoms with van der Waals surface area (Å²) in [5.41, 5.74) is 9.43. The Balaban J connectivity index is 2.59. The number of hydrogen-bond donors (Lipinski definition) is 1. The van der Waals surface area contributed by atoms with E-state index in [4.69, 9.17) is 17.3 Å². The highest BCUT2D eigenvalue weighted by molar-refractivity contribution is 6.30. The SMILES string of the molecule is Cc1ccc(-c2nc(N)nc(Cl)c2C)cc1. The summed E-state index contributed by atoms with van der Waals surface area (Å²) in [5, 5.41) is 0.406. The Kier molecular flexibility index (Phi) is 2.79. The number of nitrogens with two attached hydrogens (primary N) is 1. The first-order valence-corrected chi connectivity index (χ1v) is 5.32. The first kappa shape index (κ1) is 10.9. The summed E-state index contributed by atoms with van der Waals surface area (Å²) < 4.78 is 0. The smallest absolute Gasteiger partial charge is 0.222 e. The normalized spacial score (nSPS) is 10.4. The first-order chi connectivity index (χ1) is 7.58. The second kappa shape index (κ2) is 4.10. The second-order valence-electron chi connectivity index (χ2n) is 3.71. The number of nitrogens with zero attached hydrogens (tertiary/aromatic N) is 2. The zero-order valence-electron chi connectivity index (χ0n) is 9.16. The summed E-state index contributed by atoms with van der Waals surface area (Å²) in [6, 6.07) is 8.06. The molecule has 16 heavy (non-hydrogen) atoms. The molecule has 3 nitrogen and oxygen atoms in total. The van der Waals surface area contributed by atoms with Gasteiger partial charge in [-0.25, -0.2) is 9.97 Å². The van der Waals surface area contributed by atoms with Crippen molar-refractivity contribution in [2.45, 2.75) is 13.8 Å². The molecule has 0 atom stereocenters. The van der Waals surface area contributed by atoms with E-state index in [9.17, 15) is 0 Å². The number of rotatable bonds is 1. The van der Waals surface area contributed by atoms with Crippen LogP contribution in [-0.2, 0) is 0 Å². The quantitative estimate of drug-likeness (QED) is 0.771. The fraction of sp³-hybridized carbons (Fsp3) is 0.167. The molecule has 0 bridgehead atoms. The number of aromatic nitrogens is 2. The molecule has 0 amide bonds. The molecular formula is C12H12ClN3. The van der Waals surface area contributed by atoms with E-state index in [2.05, 4.69) is 9.97 Å². The Labute approximate surface area is 99.3 Å². The summed E-state index contributed by atoms with van der Waals surface area (Å²) in [7, 11) is 0. The second-order valence-corrected chi connectivity index (χ2v) is 4.07. The monoisotopic (exact) mass is 233 g/mol. The molecule has 0 aliphatic carbocycles. The highest BCUT2D eigenvalue weighted by Crippen LogP contribution is 2.26. The van der Waals surface area contributed by atoms with Gasteiger partial charge in [-0.05, 0) is 13.8 Å². The van der Waals surface area contributed by atoms with Gasteiger partial charge in [0.05, 0.1) is 5.69 Å². The van der Waals surface area contributed by atoms with Gasteiger partial charge in [-0.3, -0.25) is 0 Å². The Morgan fingerprint density at radius 2 is 1.69 bits per heavy atom. The molecule has 82 valence electrons. The molecule has 0 aliphatic heterocycles. The zero-order chi connectivity index (χ0) is 11.7. The molecule has 0 saturated heterocycles. The summed E-state index contributed by atoms with van der Waals surface area (Å²) in [4.78, 5) is 8.12. The minimum atomic E-state index is 0.200. The van der Waals surface area contributed by atoms with Gasteiger partial charge in [-0.1, -0.05) is 41.4 Å². The molecule has 0 fully saturated rings. The van der Waals surface area contributed by atoms with E-state index in [1.165, 1.54) is 5.56 Å². The summed E-state index contributed by atoms with van der Waals surface area (Å²) >= 11 is 5.97. The zero-order valence-corrected chi connectivity index (χ0v) is 9.92. The topological polar surface area (TPSA) is 51.8 Å². The van der Waals surface area contributed by atoms with Gasteiger partial charge in [0.25, 0.3) is 0 Å². The largest absolute Gasteiger partial charge is 0.368 e. The van der Waals surface area contributed by atoms with Gasteiger partial charge in [0, 0.05) is 11.1 Å². The van der Waals surface area contributed by atoms with Gasteiger partial charge in [0.15, 0.2) is 0 Å². The van der Waals surface area contributed by atoms with Crippen LogP contribution in [0.3, 0.4) is 0 Å². The summed E-state index contributed by atoms with van der Waals surface area (Å²) in [6.45, 7) is 3.93.